The summed E-state index contributed by atoms with van der Waals surface area (Å²) >= 11 is 15.3. The third-order valence-corrected chi connectivity index (χ3v) is 2.48. The van der Waals surface area contributed by atoms with Crippen molar-refractivity contribution in [2.24, 2.45) is 0 Å². The minimum absolute atomic E-state index is 0.00965. The highest BCUT2D eigenvalue weighted by Gasteiger charge is 2.07. The van der Waals surface area contributed by atoms with Gasteiger partial charge in [0.2, 0.25) is 0 Å². The predicted octanol–water partition coefficient (Wildman–Crippen LogP) is 2.63. The molecule has 0 heterocycles. The number of aromatic hydroxyl groups is 1. The van der Waals surface area contributed by atoms with E-state index in [9.17, 15) is 0 Å². The monoisotopic (exact) mass is 223 g/mol. The van der Waals surface area contributed by atoms with Crippen LogP contribution in [0.4, 0.5) is 0 Å². The van der Waals surface area contributed by atoms with Crippen LogP contribution in [0.3, 0.4) is 0 Å². The van der Waals surface area contributed by atoms with Crippen LogP contribution in [0.5, 0.6) is 5.75 Å². The molecule has 0 bridgehead atoms. The highest BCUT2D eigenvalue weighted by Crippen LogP contribution is 2.33. The Bertz CT molecular complexity index is 293. The predicted molar refractivity (Wildman–Crippen MR) is 54.0 cm³/mol. The van der Waals surface area contributed by atoms with Gasteiger partial charge < -0.3 is 5.11 Å². The molecule has 1 rings (SSSR count). The van der Waals surface area contributed by atoms with Crippen LogP contribution in [0, 0.1) is 0 Å². The van der Waals surface area contributed by atoms with Gasteiger partial charge in [0.25, 0.3) is 0 Å². The molecule has 0 saturated heterocycles. The van der Waals surface area contributed by atoms with Gasteiger partial charge in [0.1, 0.15) is 10.8 Å². The molecule has 0 unspecified atom stereocenters. The van der Waals surface area contributed by atoms with Gasteiger partial charge in [0.05, 0.1) is 5.02 Å². The van der Waals surface area contributed by atoms with Crippen LogP contribution in [-0.2, 0) is 6.54 Å². The number of halogens is 2. The number of hydrogen-bond donors (Lipinski definition) is 3. The second kappa shape index (κ2) is 4.23. The summed E-state index contributed by atoms with van der Waals surface area (Å²) in [7, 11) is 0. The average Bonchev–Trinajstić information content (AvgIpc) is 2.07. The molecule has 2 N–H and O–H groups in total. The maximum atomic E-state index is 9.14. The molecule has 1 aromatic carbocycles. The van der Waals surface area contributed by atoms with E-state index in [0.29, 0.717) is 11.6 Å². The second-order valence-corrected chi connectivity index (χ2v) is 3.28. The van der Waals surface area contributed by atoms with Crippen molar-refractivity contribution < 1.29 is 5.11 Å². The maximum Gasteiger partial charge on any atom is 0.135 e. The van der Waals surface area contributed by atoms with E-state index in [1.807, 2.05) is 0 Å². The SMILES string of the molecule is Oc1ccc(CNS)c(Cl)c1Cl. The number of phenolic OH excluding ortho intramolecular Hbond substituents is 1. The van der Waals surface area contributed by atoms with E-state index >= 15 is 0 Å². The summed E-state index contributed by atoms with van der Waals surface area (Å²) in [5.41, 5.74) is 0.800. The number of hydrogen-bond acceptors (Lipinski definition) is 3. The van der Waals surface area contributed by atoms with Gasteiger partial charge in [-0.05, 0) is 11.6 Å². The Balaban J connectivity index is 3.08. The Labute approximate surface area is 86.0 Å². The highest BCUT2D eigenvalue weighted by atomic mass is 35.5. The third-order valence-electron chi connectivity index (χ3n) is 1.41. The fourth-order valence-corrected chi connectivity index (χ4v) is 1.38. The molecule has 66 valence electrons. The van der Waals surface area contributed by atoms with Gasteiger partial charge in [-0.2, -0.15) is 0 Å². The zero-order chi connectivity index (χ0) is 9.14. The third kappa shape index (κ3) is 1.98. The molecule has 0 atom stereocenters. The Kier molecular flexibility index (Phi) is 3.53. The number of benzene rings is 1. The largest absolute Gasteiger partial charge is 0.506 e. The molecular weight excluding hydrogens is 217 g/mol. The summed E-state index contributed by atoms with van der Waals surface area (Å²) in [6, 6.07) is 3.18. The van der Waals surface area contributed by atoms with Crippen LogP contribution in [0.15, 0.2) is 12.1 Å². The maximum absolute atomic E-state index is 9.14. The average molecular weight is 224 g/mol. The standard InChI is InChI=1S/C7H7Cl2NOS/c8-6-4(3-10-12)1-2-5(11)7(6)9/h1-2,10-12H,3H2. The van der Waals surface area contributed by atoms with Crippen LogP contribution in [0.1, 0.15) is 5.56 Å². The molecule has 0 fully saturated rings. The molecule has 0 aliphatic carbocycles. The highest BCUT2D eigenvalue weighted by molar-refractivity contribution is 7.78. The van der Waals surface area contributed by atoms with Crippen molar-refractivity contribution in [3.63, 3.8) is 0 Å². The first-order valence-corrected chi connectivity index (χ1v) is 4.40. The van der Waals surface area contributed by atoms with Crippen molar-refractivity contribution in [2.75, 3.05) is 0 Å². The lowest BCUT2D eigenvalue weighted by molar-refractivity contribution is 0.475. The summed E-state index contributed by atoms with van der Waals surface area (Å²) in [4.78, 5) is 0. The first kappa shape index (κ1) is 9.99. The Hall–Kier alpha value is -0.0900. The second-order valence-electron chi connectivity index (χ2n) is 2.21. The minimum atomic E-state index is -0.00965. The van der Waals surface area contributed by atoms with Gasteiger partial charge in [-0.1, -0.05) is 42.1 Å². The van der Waals surface area contributed by atoms with Gasteiger partial charge in [-0.3, -0.25) is 4.72 Å². The topological polar surface area (TPSA) is 32.3 Å². The van der Waals surface area contributed by atoms with Crippen molar-refractivity contribution >= 4 is 36.0 Å². The van der Waals surface area contributed by atoms with E-state index < -0.39 is 0 Å². The molecule has 1 aromatic rings. The first-order valence-electron chi connectivity index (χ1n) is 3.19. The molecule has 0 spiro atoms. The molecule has 2 nitrogen and oxygen atoms in total. The van der Waals surface area contributed by atoms with Crippen molar-refractivity contribution in [3.8, 4) is 5.75 Å². The smallest absolute Gasteiger partial charge is 0.135 e. The minimum Gasteiger partial charge on any atom is -0.506 e. The summed E-state index contributed by atoms with van der Waals surface area (Å²) in [5, 5.41) is 9.67. The number of rotatable bonds is 2. The van der Waals surface area contributed by atoms with Crippen molar-refractivity contribution in [1.82, 2.24) is 4.72 Å². The van der Waals surface area contributed by atoms with E-state index in [4.69, 9.17) is 28.3 Å². The van der Waals surface area contributed by atoms with Crippen LogP contribution in [0.2, 0.25) is 10.0 Å². The lowest BCUT2D eigenvalue weighted by Crippen LogP contribution is -1.99. The van der Waals surface area contributed by atoms with Gasteiger partial charge in [0.15, 0.2) is 0 Å². The van der Waals surface area contributed by atoms with Gasteiger partial charge >= 0.3 is 0 Å². The van der Waals surface area contributed by atoms with Gasteiger partial charge in [0, 0.05) is 6.54 Å². The normalized spacial score (nSPS) is 10.2. The zero-order valence-electron chi connectivity index (χ0n) is 6.01. The molecule has 0 amide bonds. The Morgan fingerprint density at radius 2 is 2.00 bits per heavy atom. The van der Waals surface area contributed by atoms with Gasteiger partial charge in [-0.15, -0.1) is 0 Å². The van der Waals surface area contributed by atoms with Crippen LogP contribution < -0.4 is 4.72 Å². The Morgan fingerprint density at radius 1 is 1.33 bits per heavy atom. The lowest BCUT2D eigenvalue weighted by Gasteiger charge is -2.05. The van der Waals surface area contributed by atoms with E-state index in [0.717, 1.165) is 5.56 Å². The fraction of sp³-hybridized carbons (Fsp3) is 0.143. The molecule has 0 aromatic heterocycles. The molecule has 0 saturated carbocycles. The van der Waals surface area contributed by atoms with Crippen molar-refractivity contribution in [3.05, 3.63) is 27.7 Å². The van der Waals surface area contributed by atoms with Gasteiger partial charge in [-0.25, -0.2) is 0 Å². The number of thiol groups is 1. The number of nitrogens with one attached hydrogen (secondary N) is 1. The molecule has 0 aliphatic heterocycles. The van der Waals surface area contributed by atoms with Crippen LogP contribution in [0.25, 0.3) is 0 Å². The van der Waals surface area contributed by atoms with E-state index in [1.165, 1.54) is 6.07 Å². The van der Waals surface area contributed by atoms with Crippen molar-refractivity contribution in [2.45, 2.75) is 6.54 Å². The summed E-state index contributed by atoms with van der Waals surface area (Å²) in [6.45, 7) is 0.502. The van der Waals surface area contributed by atoms with E-state index in [-0.39, 0.29) is 10.8 Å². The zero-order valence-corrected chi connectivity index (χ0v) is 8.42. The van der Waals surface area contributed by atoms with E-state index in [1.54, 1.807) is 6.07 Å². The van der Waals surface area contributed by atoms with Crippen LogP contribution >= 0.6 is 36.0 Å². The quantitative estimate of drug-likeness (QED) is 0.674. The Morgan fingerprint density at radius 3 is 2.58 bits per heavy atom. The summed E-state index contributed by atoms with van der Waals surface area (Å²) < 4.78 is 2.64. The van der Waals surface area contributed by atoms with Crippen molar-refractivity contribution in [1.29, 1.82) is 0 Å². The molecule has 0 radical (unpaired) electrons. The molecule has 0 aliphatic rings. The van der Waals surface area contributed by atoms with Crippen LogP contribution in [-0.4, -0.2) is 5.11 Å². The number of phenols is 1. The molecular formula is C7H7Cl2NOS. The van der Waals surface area contributed by atoms with E-state index in [2.05, 4.69) is 17.5 Å². The summed E-state index contributed by atoms with van der Waals surface area (Å²) in [6.07, 6.45) is 0. The molecule has 5 heteroatoms. The summed E-state index contributed by atoms with van der Waals surface area (Å²) in [5.74, 6) is -0.00965. The fourth-order valence-electron chi connectivity index (χ4n) is 0.801. The molecule has 12 heavy (non-hydrogen) atoms. The first-order chi connectivity index (χ1) is 5.66. The lowest BCUT2D eigenvalue weighted by atomic mass is 10.2.